The zero-order chi connectivity index (χ0) is 36.1. The molecular weight excluding hydrogens is 681 g/mol. The highest BCUT2D eigenvalue weighted by Crippen LogP contribution is 2.47. The summed E-state index contributed by atoms with van der Waals surface area (Å²) in [6.45, 7) is 5.19. The number of carbonyl (C=O) groups excluding carboxylic acids is 3. The van der Waals surface area contributed by atoms with Crippen LogP contribution in [0.25, 0.3) is 0 Å². The van der Waals surface area contributed by atoms with Crippen molar-refractivity contribution < 1.29 is 53.6 Å². The summed E-state index contributed by atoms with van der Waals surface area (Å²) in [6.07, 6.45) is 0. The minimum atomic E-state index is -1.81. The summed E-state index contributed by atoms with van der Waals surface area (Å²) in [6, 6.07) is 10.5. The van der Waals surface area contributed by atoms with Crippen molar-refractivity contribution in [1.29, 1.82) is 0 Å². The van der Waals surface area contributed by atoms with Crippen molar-refractivity contribution in [2.45, 2.75) is 72.1 Å². The Hall–Kier alpha value is -4.48. The van der Waals surface area contributed by atoms with Gasteiger partial charge in [0, 0.05) is 9.49 Å². The third-order valence-electron chi connectivity index (χ3n) is 7.81. The van der Waals surface area contributed by atoms with Gasteiger partial charge < -0.3 is 40.3 Å². The van der Waals surface area contributed by atoms with Gasteiger partial charge in [-0.1, -0.05) is 36.4 Å². The summed E-state index contributed by atoms with van der Waals surface area (Å²) in [5.74, 6) is -6.14. The number of carboxylic acid groups (broad SMARTS) is 3. The van der Waals surface area contributed by atoms with Gasteiger partial charge in [-0.15, -0.1) is 23.5 Å². The van der Waals surface area contributed by atoms with Gasteiger partial charge in [0.05, 0.1) is 5.37 Å². The van der Waals surface area contributed by atoms with Gasteiger partial charge in [0.25, 0.3) is 11.8 Å². The van der Waals surface area contributed by atoms with Crippen molar-refractivity contribution in [3.63, 3.8) is 0 Å². The maximum Gasteiger partial charge on any atom is 0.329 e. The lowest BCUT2D eigenvalue weighted by Crippen LogP contribution is -2.64. The van der Waals surface area contributed by atoms with Crippen LogP contribution in [0.3, 0.4) is 0 Å². The van der Waals surface area contributed by atoms with Crippen LogP contribution in [0.1, 0.15) is 27.7 Å². The number of hydrogen-bond donors (Lipinski definition) is 6. The van der Waals surface area contributed by atoms with Crippen molar-refractivity contribution in [2.24, 2.45) is 0 Å². The van der Waals surface area contributed by atoms with Crippen molar-refractivity contribution in [1.82, 2.24) is 20.9 Å². The Labute approximate surface area is 290 Å². The Morgan fingerprint density at radius 3 is 1.67 bits per heavy atom. The monoisotopic (exact) mass is 718 g/mol. The molecule has 49 heavy (non-hydrogen) atoms. The molecule has 0 saturated carbocycles. The Balaban J connectivity index is 1.67. The fourth-order valence-corrected chi connectivity index (χ4v) is 8.69. The van der Waals surface area contributed by atoms with Crippen LogP contribution in [-0.2, 0) is 28.8 Å². The second-order valence-corrected chi connectivity index (χ2v) is 15.9. The first-order valence-corrected chi connectivity index (χ1v) is 16.8. The molecule has 0 bridgehead atoms. The normalized spacial score (nSPS) is 23.5. The van der Waals surface area contributed by atoms with E-state index in [1.807, 2.05) is 0 Å². The van der Waals surface area contributed by atoms with Gasteiger partial charge in [-0.25, -0.2) is 9.59 Å². The zero-order valence-corrected chi connectivity index (χ0v) is 28.7. The van der Waals surface area contributed by atoms with E-state index in [2.05, 4.69) is 16.0 Å². The van der Waals surface area contributed by atoms with Gasteiger partial charge in [0.1, 0.15) is 35.0 Å². The summed E-state index contributed by atoms with van der Waals surface area (Å²) in [7, 11) is 0. The second kappa shape index (κ2) is 15.4. The van der Waals surface area contributed by atoms with Crippen LogP contribution in [-0.4, -0.2) is 113 Å². The van der Waals surface area contributed by atoms with E-state index in [0.717, 1.165) is 28.4 Å². The molecule has 264 valence electrons. The van der Waals surface area contributed by atoms with E-state index in [1.54, 1.807) is 74.5 Å². The number of carboxylic acids is 3. The van der Waals surface area contributed by atoms with Crippen molar-refractivity contribution in [2.75, 3.05) is 13.2 Å². The number of ether oxygens (including phenoxy) is 2. The predicted molar refractivity (Wildman–Crippen MR) is 179 cm³/mol. The molecule has 2 saturated heterocycles. The van der Waals surface area contributed by atoms with Gasteiger partial charge in [-0.3, -0.25) is 24.5 Å². The molecule has 6 atom stereocenters. The molecule has 6 unspecified atom stereocenters. The Morgan fingerprint density at radius 1 is 0.755 bits per heavy atom. The first-order valence-electron chi connectivity index (χ1n) is 15.1. The van der Waals surface area contributed by atoms with Gasteiger partial charge >= 0.3 is 17.9 Å². The Kier molecular flexibility index (Phi) is 11.7. The van der Waals surface area contributed by atoms with E-state index >= 15 is 0 Å². The molecule has 2 aliphatic rings. The zero-order valence-electron chi connectivity index (χ0n) is 27.0. The standard InChI is InChI=1S/C32H38N4O11S2/c1-31(2)23(29(42)43)35-25(48-31)21(33-19(37)15-46-17-11-7-5-8-12-17)26(39)36-24(30(44)45)32(3,4)49-27(36)22(28(40)41)34-20(38)16-47-18-13-9-6-10-14-18/h5-14,21-25,27,35H,15-16H2,1-4H3,(H,33,37)(H,34,38)(H,40,41)(H,42,43)(H,44,45). The average molecular weight is 719 g/mol. The lowest BCUT2D eigenvalue weighted by atomic mass is 9.99. The second-order valence-electron chi connectivity index (χ2n) is 12.3. The van der Waals surface area contributed by atoms with E-state index in [-0.39, 0.29) is 0 Å². The van der Waals surface area contributed by atoms with Crippen LogP contribution in [0.4, 0.5) is 0 Å². The highest BCUT2D eigenvalue weighted by Gasteiger charge is 2.59. The topological polar surface area (TPSA) is 221 Å². The number of hydrogen-bond acceptors (Lipinski definition) is 11. The molecule has 2 aliphatic heterocycles. The van der Waals surface area contributed by atoms with Crippen molar-refractivity contribution in [3.05, 3.63) is 60.7 Å². The van der Waals surface area contributed by atoms with Crippen LogP contribution in [0.5, 0.6) is 11.5 Å². The molecule has 0 radical (unpaired) electrons. The lowest BCUT2D eigenvalue weighted by Gasteiger charge is -2.36. The van der Waals surface area contributed by atoms with E-state index in [1.165, 1.54) is 13.8 Å². The molecule has 15 nitrogen and oxygen atoms in total. The van der Waals surface area contributed by atoms with Crippen molar-refractivity contribution >= 4 is 59.2 Å². The molecule has 0 spiro atoms. The average Bonchev–Trinajstić information content (AvgIpc) is 3.52. The van der Waals surface area contributed by atoms with Crippen LogP contribution in [0, 0.1) is 0 Å². The van der Waals surface area contributed by atoms with E-state index in [9.17, 15) is 44.1 Å². The predicted octanol–water partition coefficient (Wildman–Crippen LogP) is 1.23. The fourth-order valence-electron chi connectivity index (χ4n) is 5.58. The number of rotatable bonds is 14. The van der Waals surface area contributed by atoms with Crippen LogP contribution in [0.15, 0.2) is 60.7 Å². The highest BCUT2D eigenvalue weighted by molar-refractivity contribution is 8.02. The Bertz CT molecular complexity index is 1560. The first-order chi connectivity index (χ1) is 23.0. The third-order valence-corrected chi connectivity index (χ3v) is 10.9. The summed E-state index contributed by atoms with van der Waals surface area (Å²) in [5, 5.41) is 35.7. The van der Waals surface area contributed by atoms with Crippen LogP contribution < -0.4 is 25.4 Å². The number of benzene rings is 2. The molecule has 2 aromatic rings. The highest BCUT2D eigenvalue weighted by atomic mass is 32.2. The van der Waals surface area contributed by atoms with Gasteiger partial charge in [0.2, 0.25) is 5.91 Å². The molecule has 17 heteroatoms. The van der Waals surface area contributed by atoms with Gasteiger partial charge in [-0.05, 0) is 52.0 Å². The molecule has 4 rings (SSSR count). The molecule has 0 aromatic heterocycles. The third kappa shape index (κ3) is 8.96. The molecule has 2 aromatic carbocycles. The van der Waals surface area contributed by atoms with E-state index in [0.29, 0.717) is 11.5 Å². The number of aliphatic carboxylic acids is 3. The SMILES string of the molecule is CC1(C)SC(C(NC(=O)COc2ccccc2)C(=O)N2C(C(NC(=O)COc3ccccc3)C(=O)O)SC(C)(C)C2C(=O)O)NC1C(=O)O. The maximum atomic E-state index is 14.6. The van der Waals surface area contributed by atoms with Gasteiger partial charge in [-0.2, -0.15) is 0 Å². The minimum Gasteiger partial charge on any atom is -0.484 e. The van der Waals surface area contributed by atoms with Gasteiger partial charge in [0.15, 0.2) is 19.3 Å². The number of amides is 3. The van der Waals surface area contributed by atoms with Crippen molar-refractivity contribution in [3.8, 4) is 11.5 Å². The van der Waals surface area contributed by atoms with E-state index in [4.69, 9.17) is 9.47 Å². The molecule has 2 heterocycles. The molecule has 3 amide bonds. The molecule has 6 N–H and O–H groups in total. The minimum absolute atomic E-state index is 0.350. The molecule has 0 aliphatic carbocycles. The number of carbonyl (C=O) groups is 6. The number of nitrogens with zero attached hydrogens (tertiary/aromatic N) is 1. The number of para-hydroxylation sites is 2. The summed E-state index contributed by atoms with van der Waals surface area (Å²) in [5.41, 5.74) is 0. The van der Waals surface area contributed by atoms with Crippen LogP contribution >= 0.6 is 23.5 Å². The van der Waals surface area contributed by atoms with Crippen LogP contribution in [0.2, 0.25) is 0 Å². The quantitative estimate of drug-likeness (QED) is 0.162. The summed E-state index contributed by atoms with van der Waals surface area (Å²) in [4.78, 5) is 79.1. The largest absolute Gasteiger partial charge is 0.484 e. The first kappa shape index (κ1) is 37.3. The number of nitrogens with one attached hydrogen (secondary N) is 3. The number of thioether (sulfide) groups is 2. The smallest absolute Gasteiger partial charge is 0.329 e. The molecular formula is C32H38N4O11S2. The Morgan fingerprint density at radius 2 is 1.24 bits per heavy atom. The lowest BCUT2D eigenvalue weighted by molar-refractivity contribution is -0.155. The van der Waals surface area contributed by atoms with E-state index < -0.39 is 93.3 Å². The fraction of sp³-hybridized carbons (Fsp3) is 0.438. The maximum absolute atomic E-state index is 14.6. The summed E-state index contributed by atoms with van der Waals surface area (Å²) >= 11 is 1.90. The summed E-state index contributed by atoms with van der Waals surface area (Å²) < 4.78 is 8.69. The molecule has 2 fully saturated rings.